The molecule has 2 rings (SSSR count). The summed E-state index contributed by atoms with van der Waals surface area (Å²) >= 11 is 0. The highest BCUT2D eigenvalue weighted by atomic mass is 16.5. The Kier molecular flexibility index (Phi) is 1.54. The largest absolute Gasteiger partial charge is 0.378 e. The number of rotatable bonds is 0. The average Bonchev–Trinajstić information content (AvgIpc) is 2.08. The quantitative estimate of drug-likeness (QED) is 0.521. The van der Waals surface area contributed by atoms with Crippen molar-refractivity contribution in [1.29, 1.82) is 0 Å². The van der Waals surface area contributed by atoms with Crippen molar-refractivity contribution in [3.8, 4) is 0 Å². The molecule has 0 radical (unpaired) electrons. The van der Waals surface area contributed by atoms with E-state index < -0.39 is 0 Å². The molecule has 1 heteroatoms. The van der Waals surface area contributed by atoms with Crippen LogP contribution in [0.1, 0.15) is 33.6 Å². The fourth-order valence-corrected chi connectivity index (χ4v) is 2.46. The molecule has 64 valence electrons. The molecule has 0 bridgehead atoms. The first kappa shape index (κ1) is 7.60. The molecule has 0 aromatic heterocycles. The Hall–Kier alpha value is -0.0400. The van der Waals surface area contributed by atoms with Crippen molar-refractivity contribution in [3.05, 3.63) is 0 Å². The van der Waals surface area contributed by atoms with Crippen LogP contribution >= 0.6 is 0 Å². The van der Waals surface area contributed by atoms with Crippen LogP contribution in [0, 0.1) is 17.3 Å². The Labute approximate surface area is 69.1 Å². The molecule has 0 spiro atoms. The lowest BCUT2D eigenvalue weighted by atomic mass is 9.61. The maximum Gasteiger partial charge on any atom is 0.0637 e. The van der Waals surface area contributed by atoms with Crippen molar-refractivity contribution in [2.75, 3.05) is 6.61 Å². The molecule has 0 aromatic carbocycles. The lowest BCUT2D eigenvalue weighted by molar-refractivity contribution is -0.0743. The van der Waals surface area contributed by atoms with Gasteiger partial charge in [0.05, 0.1) is 6.10 Å². The van der Waals surface area contributed by atoms with E-state index in [4.69, 9.17) is 4.74 Å². The summed E-state index contributed by atoms with van der Waals surface area (Å²) in [5.41, 5.74) is 0.464. The molecular formula is C10H18O. The van der Waals surface area contributed by atoms with Crippen molar-refractivity contribution in [2.45, 2.75) is 39.7 Å². The zero-order chi connectivity index (χ0) is 8.06. The van der Waals surface area contributed by atoms with Gasteiger partial charge in [-0.25, -0.2) is 0 Å². The van der Waals surface area contributed by atoms with E-state index in [0.717, 1.165) is 18.4 Å². The van der Waals surface area contributed by atoms with Gasteiger partial charge >= 0.3 is 0 Å². The van der Waals surface area contributed by atoms with E-state index in [1.165, 1.54) is 12.8 Å². The van der Waals surface area contributed by atoms with Gasteiger partial charge in [-0.1, -0.05) is 20.8 Å². The Balaban J connectivity index is 2.00. The van der Waals surface area contributed by atoms with Crippen molar-refractivity contribution < 1.29 is 4.74 Å². The molecule has 3 atom stereocenters. The molecule has 1 aliphatic heterocycles. The van der Waals surface area contributed by atoms with Crippen LogP contribution in [0.2, 0.25) is 0 Å². The molecule has 1 saturated carbocycles. The van der Waals surface area contributed by atoms with Gasteiger partial charge in [-0.05, 0) is 30.1 Å². The van der Waals surface area contributed by atoms with Gasteiger partial charge in [0.25, 0.3) is 0 Å². The summed E-state index contributed by atoms with van der Waals surface area (Å²) in [5, 5.41) is 0. The first-order chi connectivity index (χ1) is 5.09. The zero-order valence-corrected chi connectivity index (χ0v) is 7.76. The number of hydrogen-bond donors (Lipinski definition) is 0. The molecule has 1 nitrogen and oxygen atoms in total. The van der Waals surface area contributed by atoms with E-state index in [2.05, 4.69) is 20.8 Å². The van der Waals surface area contributed by atoms with Gasteiger partial charge in [-0.3, -0.25) is 0 Å². The second kappa shape index (κ2) is 2.22. The molecule has 2 aliphatic rings. The summed E-state index contributed by atoms with van der Waals surface area (Å²) in [6, 6.07) is 0. The van der Waals surface area contributed by atoms with Gasteiger partial charge in [-0.2, -0.15) is 0 Å². The lowest BCUT2D eigenvalue weighted by Gasteiger charge is -2.46. The van der Waals surface area contributed by atoms with Gasteiger partial charge in [0, 0.05) is 6.61 Å². The SMILES string of the molecule is CC(C)(C)C1CC2CCOC21. The summed E-state index contributed by atoms with van der Waals surface area (Å²) in [4.78, 5) is 0. The topological polar surface area (TPSA) is 9.23 Å². The molecule has 0 aromatic rings. The predicted molar refractivity (Wildman–Crippen MR) is 45.4 cm³/mol. The molecule has 0 N–H and O–H groups in total. The first-order valence-corrected chi connectivity index (χ1v) is 4.70. The monoisotopic (exact) mass is 154 g/mol. The van der Waals surface area contributed by atoms with Gasteiger partial charge in [0.15, 0.2) is 0 Å². The van der Waals surface area contributed by atoms with E-state index in [9.17, 15) is 0 Å². The fraction of sp³-hybridized carbons (Fsp3) is 1.00. The third-order valence-electron chi connectivity index (χ3n) is 3.33. The van der Waals surface area contributed by atoms with E-state index in [1.54, 1.807) is 0 Å². The van der Waals surface area contributed by atoms with Crippen molar-refractivity contribution >= 4 is 0 Å². The third kappa shape index (κ3) is 1.10. The molecule has 11 heavy (non-hydrogen) atoms. The zero-order valence-electron chi connectivity index (χ0n) is 7.76. The molecule has 3 unspecified atom stereocenters. The van der Waals surface area contributed by atoms with Crippen molar-refractivity contribution in [2.24, 2.45) is 17.3 Å². The van der Waals surface area contributed by atoms with Gasteiger partial charge < -0.3 is 4.74 Å². The van der Waals surface area contributed by atoms with Crippen molar-refractivity contribution in [3.63, 3.8) is 0 Å². The smallest absolute Gasteiger partial charge is 0.0637 e. The van der Waals surface area contributed by atoms with E-state index in [-0.39, 0.29) is 0 Å². The minimum Gasteiger partial charge on any atom is -0.378 e. The average molecular weight is 154 g/mol. The highest BCUT2D eigenvalue weighted by Crippen LogP contribution is 2.51. The van der Waals surface area contributed by atoms with Crippen LogP contribution in [-0.2, 0) is 4.74 Å². The summed E-state index contributed by atoms with van der Waals surface area (Å²) in [6.45, 7) is 8.00. The van der Waals surface area contributed by atoms with E-state index in [1.807, 2.05) is 0 Å². The Morgan fingerprint density at radius 1 is 1.27 bits per heavy atom. The van der Waals surface area contributed by atoms with Crippen LogP contribution in [0.25, 0.3) is 0 Å². The second-order valence-corrected chi connectivity index (χ2v) is 5.09. The van der Waals surface area contributed by atoms with Crippen LogP contribution < -0.4 is 0 Å². The Bertz CT molecular complexity index is 157. The minimum atomic E-state index is 0.464. The Morgan fingerprint density at radius 3 is 2.55 bits per heavy atom. The van der Waals surface area contributed by atoms with Crippen LogP contribution in [0.4, 0.5) is 0 Å². The van der Waals surface area contributed by atoms with Gasteiger partial charge in [0.1, 0.15) is 0 Å². The first-order valence-electron chi connectivity index (χ1n) is 4.70. The number of hydrogen-bond acceptors (Lipinski definition) is 1. The Morgan fingerprint density at radius 2 is 2.00 bits per heavy atom. The summed E-state index contributed by atoms with van der Waals surface area (Å²) in [7, 11) is 0. The maximum absolute atomic E-state index is 5.69. The lowest BCUT2D eigenvalue weighted by Crippen LogP contribution is -2.46. The fourth-order valence-electron chi connectivity index (χ4n) is 2.46. The van der Waals surface area contributed by atoms with Crippen LogP contribution in [0.15, 0.2) is 0 Å². The molecular weight excluding hydrogens is 136 g/mol. The maximum atomic E-state index is 5.69. The number of ether oxygens (including phenoxy) is 1. The summed E-state index contributed by atoms with van der Waals surface area (Å²) in [5.74, 6) is 1.74. The normalized spacial score (nSPS) is 43.4. The predicted octanol–water partition coefficient (Wildman–Crippen LogP) is 2.46. The van der Waals surface area contributed by atoms with Crippen LogP contribution in [0.5, 0.6) is 0 Å². The third-order valence-corrected chi connectivity index (χ3v) is 3.33. The molecule has 2 fully saturated rings. The highest BCUT2D eigenvalue weighted by molar-refractivity contribution is 4.98. The van der Waals surface area contributed by atoms with E-state index >= 15 is 0 Å². The summed E-state index contributed by atoms with van der Waals surface area (Å²) < 4.78 is 5.69. The van der Waals surface area contributed by atoms with Crippen LogP contribution in [-0.4, -0.2) is 12.7 Å². The molecule has 0 amide bonds. The minimum absolute atomic E-state index is 0.464. The second-order valence-electron chi connectivity index (χ2n) is 5.09. The molecule has 1 heterocycles. The molecule has 1 saturated heterocycles. The number of fused-ring (bicyclic) bond motifs is 1. The van der Waals surface area contributed by atoms with Gasteiger partial charge in [0.2, 0.25) is 0 Å². The molecule has 1 aliphatic carbocycles. The van der Waals surface area contributed by atoms with Crippen LogP contribution in [0.3, 0.4) is 0 Å². The summed E-state index contributed by atoms with van der Waals surface area (Å²) in [6.07, 6.45) is 3.35. The van der Waals surface area contributed by atoms with E-state index in [0.29, 0.717) is 11.5 Å². The highest BCUT2D eigenvalue weighted by Gasteiger charge is 2.49. The van der Waals surface area contributed by atoms with Gasteiger partial charge in [-0.15, -0.1) is 0 Å². The van der Waals surface area contributed by atoms with Crippen molar-refractivity contribution in [1.82, 2.24) is 0 Å². The standard InChI is InChI=1S/C10H18O/c1-10(2,3)8-6-7-4-5-11-9(7)8/h7-9H,4-6H2,1-3H3.